The van der Waals surface area contributed by atoms with Crippen molar-refractivity contribution in [3.8, 4) is 11.3 Å². The Morgan fingerprint density at radius 3 is 2.68 bits per heavy atom. The molecule has 22 heavy (non-hydrogen) atoms. The van der Waals surface area contributed by atoms with Crippen LogP contribution in [-0.2, 0) is 0 Å². The Morgan fingerprint density at radius 2 is 1.91 bits per heavy atom. The summed E-state index contributed by atoms with van der Waals surface area (Å²) in [6.45, 7) is 3.66. The van der Waals surface area contributed by atoms with Gasteiger partial charge in [-0.3, -0.25) is 0 Å². The monoisotopic (exact) mass is 300 g/mol. The van der Waals surface area contributed by atoms with Gasteiger partial charge in [0.2, 0.25) is 0 Å². The molecule has 3 nitrogen and oxygen atoms in total. The molecule has 1 atom stereocenters. The number of aromatic nitrogens is 1. The van der Waals surface area contributed by atoms with E-state index in [4.69, 9.17) is 10.3 Å². The lowest BCUT2D eigenvalue weighted by atomic mass is 9.95. The molecule has 112 valence electrons. The molecule has 0 fully saturated rings. The van der Waals surface area contributed by atoms with E-state index in [0.717, 1.165) is 0 Å². The molecule has 1 aromatic heterocycles. The summed E-state index contributed by atoms with van der Waals surface area (Å²) in [7, 11) is 0. The van der Waals surface area contributed by atoms with Gasteiger partial charge in [-0.2, -0.15) is 0 Å². The Hall–Kier alpha value is -2.53. The fourth-order valence-electron chi connectivity index (χ4n) is 2.47. The van der Waals surface area contributed by atoms with Gasteiger partial charge in [0.15, 0.2) is 5.58 Å². The van der Waals surface area contributed by atoms with Crippen LogP contribution in [0.2, 0.25) is 0 Å². The SMILES string of the molecule is C=CCC(N)c1ccc(F)cc1-c1noc2ccc(F)cc12. The molecule has 3 rings (SSSR count). The summed E-state index contributed by atoms with van der Waals surface area (Å²) >= 11 is 0. The van der Waals surface area contributed by atoms with Gasteiger partial charge in [0, 0.05) is 11.6 Å². The number of fused-ring (bicyclic) bond motifs is 1. The van der Waals surface area contributed by atoms with Crippen LogP contribution in [0.3, 0.4) is 0 Å². The number of nitrogens with zero attached hydrogens (tertiary/aromatic N) is 1. The van der Waals surface area contributed by atoms with E-state index in [1.165, 1.54) is 30.3 Å². The van der Waals surface area contributed by atoms with Crippen molar-refractivity contribution in [1.82, 2.24) is 5.16 Å². The lowest BCUT2D eigenvalue weighted by molar-refractivity contribution is 0.459. The van der Waals surface area contributed by atoms with Crippen molar-refractivity contribution < 1.29 is 13.3 Å². The third-order valence-electron chi connectivity index (χ3n) is 3.52. The van der Waals surface area contributed by atoms with Crippen LogP contribution in [0.4, 0.5) is 8.78 Å². The Labute approximate surface area is 126 Å². The zero-order valence-electron chi connectivity index (χ0n) is 11.7. The highest BCUT2D eigenvalue weighted by atomic mass is 19.1. The summed E-state index contributed by atoms with van der Waals surface area (Å²) in [5.41, 5.74) is 8.13. The molecular weight excluding hydrogens is 286 g/mol. The number of hydrogen-bond acceptors (Lipinski definition) is 3. The van der Waals surface area contributed by atoms with Crippen molar-refractivity contribution in [2.24, 2.45) is 5.73 Å². The van der Waals surface area contributed by atoms with Gasteiger partial charge in [-0.15, -0.1) is 6.58 Å². The van der Waals surface area contributed by atoms with E-state index in [1.807, 2.05) is 0 Å². The van der Waals surface area contributed by atoms with Crippen LogP contribution in [0.25, 0.3) is 22.2 Å². The van der Waals surface area contributed by atoms with Crippen molar-refractivity contribution in [1.29, 1.82) is 0 Å². The molecular formula is C17H14F2N2O. The molecule has 1 heterocycles. The highest BCUT2D eigenvalue weighted by Crippen LogP contribution is 2.34. The summed E-state index contributed by atoms with van der Waals surface area (Å²) in [5.74, 6) is -0.831. The molecule has 0 aliphatic carbocycles. The van der Waals surface area contributed by atoms with Gasteiger partial charge >= 0.3 is 0 Å². The molecule has 2 aromatic carbocycles. The first-order chi connectivity index (χ1) is 10.6. The van der Waals surface area contributed by atoms with Crippen LogP contribution in [0.15, 0.2) is 53.6 Å². The van der Waals surface area contributed by atoms with Crippen LogP contribution in [0.5, 0.6) is 0 Å². The lowest BCUT2D eigenvalue weighted by Gasteiger charge is -2.14. The Bertz CT molecular complexity index is 842. The summed E-state index contributed by atoms with van der Waals surface area (Å²) < 4.78 is 32.4. The van der Waals surface area contributed by atoms with Crippen molar-refractivity contribution in [3.63, 3.8) is 0 Å². The minimum Gasteiger partial charge on any atom is -0.356 e. The summed E-state index contributed by atoms with van der Waals surface area (Å²) in [4.78, 5) is 0. The van der Waals surface area contributed by atoms with Crippen LogP contribution >= 0.6 is 0 Å². The van der Waals surface area contributed by atoms with Crippen LogP contribution in [0.1, 0.15) is 18.0 Å². The molecule has 1 unspecified atom stereocenters. The average Bonchev–Trinajstić information content (AvgIpc) is 2.90. The van der Waals surface area contributed by atoms with Crippen molar-refractivity contribution >= 4 is 11.0 Å². The highest BCUT2D eigenvalue weighted by Gasteiger charge is 2.18. The molecule has 0 spiro atoms. The Balaban J connectivity index is 2.23. The fourth-order valence-corrected chi connectivity index (χ4v) is 2.47. The predicted octanol–water partition coefficient (Wildman–Crippen LogP) is 4.35. The van der Waals surface area contributed by atoms with Gasteiger partial charge in [-0.05, 0) is 42.3 Å². The van der Waals surface area contributed by atoms with E-state index in [1.54, 1.807) is 12.1 Å². The quantitative estimate of drug-likeness (QED) is 0.729. The van der Waals surface area contributed by atoms with Gasteiger partial charge < -0.3 is 10.3 Å². The maximum absolute atomic E-state index is 13.7. The summed E-state index contributed by atoms with van der Waals surface area (Å²) in [6, 6.07) is 8.02. The summed E-state index contributed by atoms with van der Waals surface area (Å²) in [5, 5.41) is 4.45. The third-order valence-corrected chi connectivity index (χ3v) is 3.52. The van der Waals surface area contributed by atoms with Gasteiger partial charge in [0.25, 0.3) is 0 Å². The first kappa shape index (κ1) is 14.4. The number of benzene rings is 2. The molecule has 0 bridgehead atoms. The van der Waals surface area contributed by atoms with Gasteiger partial charge in [0.1, 0.15) is 17.3 Å². The van der Waals surface area contributed by atoms with E-state index in [2.05, 4.69) is 11.7 Å². The van der Waals surface area contributed by atoms with E-state index in [0.29, 0.717) is 34.2 Å². The molecule has 0 aliphatic rings. The topological polar surface area (TPSA) is 52.0 Å². The first-order valence-corrected chi connectivity index (χ1v) is 6.81. The molecule has 0 radical (unpaired) electrons. The maximum Gasteiger partial charge on any atom is 0.167 e. The maximum atomic E-state index is 13.7. The van der Waals surface area contributed by atoms with E-state index < -0.39 is 11.6 Å². The van der Waals surface area contributed by atoms with E-state index >= 15 is 0 Å². The first-order valence-electron chi connectivity index (χ1n) is 6.81. The number of hydrogen-bond donors (Lipinski definition) is 1. The van der Waals surface area contributed by atoms with Crippen molar-refractivity contribution in [2.45, 2.75) is 12.5 Å². The zero-order chi connectivity index (χ0) is 15.7. The van der Waals surface area contributed by atoms with Gasteiger partial charge in [0.05, 0.1) is 5.39 Å². The second kappa shape index (κ2) is 5.69. The molecule has 0 saturated heterocycles. The normalized spacial score (nSPS) is 12.5. The molecule has 2 N–H and O–H groups in total. The fraction of sp³-hybridized carbons (Fsp3) is 0.118. The largest absolute Gasteiger partial charge is 0.356 e. The van der Waals surface area contributed by atoms with Crippen LogP contribution in [-0.4, -0.2) is 5.16 Å². The van der Waals surface area contributed by atoms with Gasteiger partial charge in [-0.25, -0.2) is 8.78 Å². The Morgan fingerprint density at radius 1 is 1.18 bits per heavy atom. The second-order valence-corrected chi connectivity index (χ2v) is 5.03. The summed E-state index contributed by atoms with van der Waals surface area (Å²) in [6.07, 6.45) is 2.22. The molecule has 3 aromatic rings. The van der Waals surface area contributed by atoms with Crippen LogP contribution in [0, 0.1) is 11.6 Å². The third kappa shape index (κ3) is 2.51. The second-order valence-electron chi connectivity index (χ2n) is 5.03. The predicted molar refractivity (Wildman–Crippen MR) is 81.1 cm³/mol. The highest BCUT2D eigenvalue weighted by molar-refractivity contribution is 5.92. The number of rotatable bonds is 4. The molecule has 0 saturated carbocycles. The molecule has 0 amide bonds. The van der Waals surface area contributed by atoms with Gasteiger partial charge in [-0.1, -0.05) is 17.3 Å². The Kier molecular flexibility index (Phi) is 3.73. The van der Waals surface area contributed by atoms with E-state index in [9.17, 15) is 8.78 Å². The van der Waals surface area contributed by atoms with Crippen LogP contribution < -0.4 is 5.73 Å². The minimum absolute atomic E-state index is 0.353. The van der Waals surface area contributed by atoms with E-state index in [-0.39, 0.29) is 6.04 Å². The number of nitrogens with two attached hydrogens (primary N) is 1. The average molecular weight is 300 g/mol. The zero-order valence-corrected chi connectivity index (χ0v) is 11.7. The lowest BCUT2D eigenvalue weighted by Crippen LogP contribution is -2.10. The van der Waals surface area contributed by atoms with Crippen molar-refractivity contribution in [2.75, 3.05) is 0 Å². The molecule has 0 aliphatic heterocycles. The minimum atomic E-state index is -0.419. The smallest absolute Gasteiger partial charge is 0.167 e. The number of halogens is 2. The van der Waals surface area contributed by atoms with Crippen molar-refractivity contribution in [3.05, 3.63) is 66.3 Å². The standard InChI is InChI=1S/C17H14F2N2O/c1-2-3-15(20)12-6-4-10(18)8-13(12)17-14-9-11(19)5-7-16(14)22-21-17/h2,4-9,15H,1,3,20H2. The molecule has 5 heteroatoms.